The van der Waals surface area contributed by atoms with Crippen LogP contribution in [0.25, 0.3) is 33.3 Å². The number of hydrogen-bond donors (Lipinski definition) is 2. The molecule has 0 aliphatic rings. The van der Waals surface area contributed by atoms with Crippen LogP contribution in [0.15, 0.2) is 48.8 Å². The molecule has 0 aliphatic heterocycles. The van der Waals surface area contributed by atoms with E-state index >= 15 is 0 Å². The molecule has 0 unspecified atom stereocenters. The molecule has 144 valence electrons. The summed E-state index contributed by atoms with van der Waals surface area (Å²) in [6.45, 7) is 1.88. The minimum absolute atomic E-state index is 0.0491. The van der Waals surface area contributed by atoms with E-state index in [1.807, 2.05) is 25.1 Å². The lowest BCUT2D eigenvalue weighted by atomic mass is 9.95. The summed E-state index contributed by atoms with van der Waals surface area (Å²) in [7, 11) is 1.51. The van der Waals surface area contributed by atoms with Gasteiger partial charge in [-0.15, -0.1) is 0 Å². The Morgan fingerprint density at radius 3 is 2.48 bits per heavy atom. The molecule has 0 radical (unpaired) electrons. The number of hydrogen-bond acceptors (Lipinski definition) is 6. The van der Waals surface area contributed by atoms with Crippen LogP contribution in [0.3, 0.4) is 0 Å². The summed E-state index contributed by atoms with van der Waals surface area (Å²) in [5.74, 6) is -0.826. The van der Waals surface area contributed by atoms with Crippen molar-refractivity contribution in [1.29, 1.82) is 0 Å². The largest absolute Gasteiger partial charge is 0.368 e. The van der Waals surface area contributed by atoms with Crippen molar-refractivity contribution >= 4 is 22.8 Å². The fraction of sp³-hybridized carbons (Fsp3) is 0.0952. The fourth-order valence-electron chi connectivity index (χ4n) is 3.19. The van der Waals surface area contributed by atoms with Crippen molar-refractivity contribution < 1.29 is 9.18 Å². The van der Waals surface area contributed by atoms with Gasteiger partial charge in [-0.05, 0) is 48.9 Å². The Labute approximate surface area is 165 Å². The number of aromatic nitrogens is 4. The van der Waals surface area contributed by atoms with Gasteiger partial charge in [0.05, 0.1) is 11.2 Å². The van der Waals surface area contributed by atoms with Crippen LogP contribution in [0.2, 0.25) is 0 Å². The van der Waals surface area contributed by atoms with Gasteiger partial charge >= 0.3 is 0 Å². The number of nitrogen functional groups attached to an aromatic ring is 1. The van der Waals surface area contributed by atoms with E-state index in [-0.39, 0.29) is 17.5 Å². The van der Waals surface area contributed by atoms with Crippen LogP contribution in [-0.4, -0.2) is 32.9 Å². The minimum atomic E-state index is -0.404. The zero-order valence-electron chi connectivity index (χ0n) is 15.8. The van der Waals surface area contributed by atoms with Gasteiger partial charge in [0.1, 0.15) is 17.8 Å². The van der Waals surface area contributed by atoms with E-state index in [1.165, 1.54) is 25.5 Å². The summed E-state index contributed by atoms with van der Waals surface area (Å²) in [4.78, 5) is 29.6. The molecule has 0 aliphatic carbocycles. The predicted molar refractivity (Wildman–Crippen MR) is 108 cm³/mol. The van der Waals surface area contributed by atoms with Gasteiger partial charge in [-0.1, -0.05) is 6.07 Å². The van der Waals surface area contributed by atoms with Gasteiger partial charge in [0.25, 0.3) is 5.91 Å². The van der Waals surface area contributed by atoms with Crippen molar-refractivity contribution in [3.63, 3.8) is 0 Å². The quantitative estimate of drug-likeness (QED) is 0.558. The van der Waals surface area contributed by atoms with Crippen molar-refractivity contribution in [2.24, 2.45) is 0 Å². The summed E-state index contributed by atoms with van der Waals surface area (Å²) < 4.78 is 13.5. The molecule has 7 nitrogen and oxygen atoms in total. The van der Waals surface area contributed by atoms with Gasteiger partial charge in [0, 0.05) is 29.3 Å². The van der Waals surface area contributed by atoms with Crippen LogP contribution < -0.4 is 11.1 Å². The normalized spacial score (nSPS) is 10.9. The van der Waals surface area contributed by atoms with Crippen molar-refractivity contribution in [2.75, 3.05) is 12.8 Å². The number of carbonyl (C=O) groups is 1. The van der Waals surface area contributed by atoms with Gasteiger partial charge in [0.2, 0.25) is 5.95 Å². The minimum Gasteiger partial charge on any atom is -0.368 e. The lowest BCUT2D eigenvalue weighted by Crippen LogP contribution is -2.22. The Kier molecular flexibility index (Phi) is 4.59. The predicted octanol–water partition coefficient (Wildman–Crippen LogP) is 3.14. The molecule has 0 spiro atoms. The highest BCUT2D eigenvalue weighted by molar-refractivity contribution is 6.03. The molecular weight excluding hydrogens is 371 g/mol. The first-order chi connectivity index (χ1) is 14.0. The highest BCUT2D eigenvalue weighted by atomic mass is 19.1. The van der Waals surface area contributed by atoms with Gasteiger partial charge in [-0.25, -0.2) is 24.3 Å². The SMILES string of the molecule is CNC(=O)c1nc(N)nc(-c2ccc(F)cc2)c1-c1ccc2ncnc(C)c2c1. The molecule has 8 heteroatoms. The van der Waals surface area contributed by atoms with E-state index in [9.17, 15) is 9.18 Å². The topological polar surface area (TPSA) is 107 Å². The van der Waals surface area contributed by atoms with E-state index in [1.54, 1.807) is 12.1 Å². The van der Waals surface area contributed by atoms with Crippen molar-refractivity contribution in [3.05, 3.63) is 66.0 Å². The molecule has 0 fully saturated rings. The van der Waals surface area contributed by atoms with Crippen LogP contribution in [0, 0.1) is 12.7 Å². The highest BCUT2D eigenvalue weighted by Crippen LogP contribution is 2.35. The fourth-order valence-corrected chi connectivity index (χ4v) is 3.19. The zero-order valence-corrected chi connectivity index (χ0v) is 15.8. The third-order valence-corrected chi connectivity index (χ3v) is 4.61. The third kappa shape index (κ3) is 3.36. The van der Waals surface area contributed by atoms with E-state index in [0.29, 0.717) is 22.4 Å². The molecule has 2 aromatic heterocycles. The summed E-state index contributed by atoms with van der Waals surface area (Å²) >= 11 is 0. The smallest absolute Gasteiger partial charge is 0.270 e. The Morgan fingerprint density at radius 1 is 1.03 bits per heavy atom. The maximum absolute atomic E-state index is 13.5. The Hall–Kier alpha value is -3.94. The number of nitrogens with one attached hydrogen (secondary N) is 1. The van der Waals surface area contributed by atoms with Crippen molar-refractivity contribution in [3.8, 4) is 22.4 Å². The molecule has 0 atom stereocenters. The van der Waals surface area contributed by atoms with Crippen LogP contribution in [0.5, 0.6) is 0 Å². The van der Waals surface area contributed by atoms with Crippen molar-refractivity contribution in [1.82, 2.24) is 25.3 Å². The van der Waals surface area contributed by atoms with Crippen LogP contribution in [0.4, 0.5) is 10.3 Å². The monoisotopic (exact) mass is 388 g/mol. The second kappa shape index (κ2) is 7.23. The van der Waals surface area contributed by atoms with E-state index in [0.717, 1.165) is 16.6 Å². The van der Waals surface area contributed by atoms with E-state index in [2.05, 4.69) is 25.3 Å². The number of halogens is 1. The van der Waals surface area contributed by atoms with Gasteiger partial charge < -0.3 is 11.1 Å². The van der Waals surface area contributed by atoms with Gasteiger partial charge in [-0.3, -0.25) is 4.79 Å². The molecule has 2 aromatic carbocycles. The number of rotatable bonds is 3. The van der Waals surface area contributed by atoms with E-state index in [4.69, 9.17) is 5.73 Å². The number of aryl methyl sites for hydroxylation is 1. The number of nitrogens with zero attached hydrogens (tertiary/aromatic N) is 4. The molecule has 1 amide bonds. The number of carbonyl (C=O) groups excluding carboxylic acids is 1. The average Bonchev–Trinajstić information content (AvgIpc) is 2.73. The van der Waals surface area contributed by atoms with E-state index < -0.39 is 5.91 Å². The molecule has 0 saturated heterocycles. The Morgan fingerprint density at radius 2 is 1.76 bits per heavy atom. The highest BCUT2D eigenvalue weighted by Gasteiger charge is 2.22. The number of benzene rings is 2. The van der Waals surface area contributed by atoms with Crippen LogP contribution in [0.1, 0.15) is 16.2 Å². The molecule has 4 rings (SSSR count). The average molecular weight is 388 g/mol. The van der Waals surface area contributed by atoms with Crippen molar-refractivity contribution in [2.45, 2.75) is 6.92 Å². The molecule has 4 aromatic rings. The molecule has 0 bridgehead atoms. The number of fused-ring (bicyclic) bond motifs is 1. The standard InChI is InChI=1S/C21H17FN6O/c1-11-15-9-13(5-8-16(15)26-10-25-11)17-18(12-3-6-14(22)7-4-12)27-21(23)28-19(17)20(29)24-2/h3-10H,1-2H3,(H,24,29)(H2,23,27,28). The van der Waals surface area contributed by atoms with Crippen LogP contribution >= 0.6 is 0 Å². The summed E-state index contributed by atoms with van der Waals surface area (Å²) in [5.41, 5.74) is 9.85. The summed E-state index contributed by atoms with van der Waals surface area (Å²) in [5, 5.41) is 3.43. The number of anilines is 1. The second-order valence-corrected chi connectivity index (χ2v) is 6.43. The maximum Gasteiger partial charge on any atom is 0.270 e. The number of nitrogens with two attached hydrogens (primary N) is 1. The third-order valence-electron chi connectivity index (χ3n) is 4.61. The van der Waals surface area contributed by atoms with Gasteiger partial charge in [0.15, 0.2) is 0 Å². The molecule has 0 saturated carbocycles. The summed E-state index contributed by atoms with van der Waals surface area (Å²) in [6, 6.07) is 11.4. The molecule has 29 heavy (non-hydrogen) atoms. The maximum atomic E-state index is 13.5. The zero-order chi connectivity index (χ0) is 20.5. The summed E-state index contributed by atoms with van der Waals surface area (Å²) in [6.07, 6.45) is 1.50. The Bertz CT molecular complexity index is 1240. The number of amides is 1. The first kappa shape index (κ1) is 18.4. The van der Waals surface area contributed by atoms with Crippen LogP contribution in [-0.2, 0) is 0 Å². The lowest BCUT2D eigenvalue weighted by Gasteiger charge is -2.15. The first-order valence-corrected chi connectivity index (χ1v) is 8.85. The molecular formula is C21H17FN6O. The Balaban J connectivity index is 2.06. The first-order valence-electron chi connectivity index (χ1n) is 8.85. The second-order valence-electron chi connectivity index (χ2n) is 6.43. The van der Waals surface area contributed by atoms with Gasteiger partial charge in [-0.2, -0.15) is 0 Å². The molecule has 3 N–H and O–H groups in total. The lowest BCUT2D eigenvalue weighted by molar-refractivity contribution is 0.0959. The molecule has 2 heterocycles.